The number of hydrogen-bond acceptors (Lipinski definition) is 4. The van der Waals surface area contributed by atoms with Crippen molar-refractivity contribution in [1.29, 1.82) is 0 Å². The molecule has 6 heteroatoms. The van der Waals surface area contributed by atoms with Crippen LogP contribution in [0.3, 0.4) is 0 Å². The summed E-state index contributed by atoms with van der Waals surface area (Å²) in [4.78, 5) is 24.0. The number of esters is 1. The zero-order chi connectivity index (χ0) is 17.8. The number of halogens is 1. The molecule has 0 spiro atoms. The van der Waals surface area contributed by atoms with Crippen LogP contribution in [0.4, 0.5) is 0 Å². The van der Waals surface area contributed by atoms with Crippen molar-refractivity contribution in [1.82, 2.24) is 5.32 Å². The first-order valence-electron chi connectivity index (χ1n) is 7.71. The van der Waals surface area contributed by atoms with E-state index in [1.807, 2.05) is 24.3 Å². The number of benzene rings is 2. The SMILES string of the molecule is Cc1c(C(=O)OCC(=O)NCc2cccc(Cl)c2)oc2ccccc12. The molecule has 1 amide bonds. The Bertz CT molecular complexity index is 932. The Balaban J connectivity index is 1.56. The Morgan fingerprint density at radius 2 is 1.96 bits per heavy atom. The molecule has 2 aromatic carbocycles. The summed E-state index contributed by atoms with van der Waals surface area (Å²) in [5, 5.41) is 4.11. The van der Waals surface area contributed by atoms with Crippen LogP contribution in [-0.2, 0) is 16.1 Å². The third kappa shape index (κ3) is 4.00. The molecule has 0 radical (unpaired) electrons. The van der Waals surface area contributed by atoms with Crippen molar-refractivity contribution < 1.29 is 18.7 Å². The van der Waals surface area contributed by atoms with Crippen molar-refractivity contribution in [2.75, 3.05) is 6.61 Å². The quantitative estimate of drug-likeness (QED) is 0.704. The van der Waals surface area contributed by atoms with Gasteiger partial charge in [-0.25, -0.2) is 4.79 Å². The molecule has 0 saturated carbocycles. The highest BCUT2D eigenvalue weighted by atomic mass is 35.5. The number of para-hydroxylation sites is 1. The molecule has 0 bridgehead atoms. The number of carbonyl (C=O) groups is 2. The maximum Gasteiger partial charge on any atom is 0.375 e. The van der Waals surface area contributed by atoms with Crippen LogP contribution in [0, 0.1) is 6.92 Å². The highest BCUT2D eigenvalue weighted by molar-refractivity contribution is 6.30. The van der Waals surface area contributed by atoms with E-state index in [2.05, 4.69) is 5.32 Å². The van der Waals surface area contributed by atoms with Gasteiger partial charge in [0.25, 0.3) is 5.91 Å². The van der Waals surface area contributed by atoms with E-state index in [1.165, 1.54) is 0 Å². The predicted octanol–water partition coefficient (Wildman–Crippen LogP) is 3.87. The van der Waals surface area contributed by atoms with Gasteiger partial charge in [0.05, 0.1) is 0 Å². The highest BCUT2D eigenvalue weighted by Crippen LogP contribution is 2.25. The number of ether oxygens (including phenoxy) is 1. The van der Waals surface area contributed by atoms with E-state index in [1.54, 1.807) is 31.2 Å². The number of fused-ring (bicyclic) bond motifs is 1. The van der Waals surface area contributed by atoms with Gasteiger partial charge in [0.15, 0.2) is 6.61 Å². The first-order valence-corrected chi connectivity index (χ1v) is 8.09. The maximum atomic E-state index is 12.1. The van der Waals surface area contributed by atoms with E-state index in [4.69, 9.17) is 20.8 Å². The molecule has 5 nitrogen and oxygen atoms in total. The maximum absolute atomic E-state index is 12.1. The van der Waals surface area contributed by atoms with Gasteiger partial charge in [-0.15, -0.1) is 0 Å². The zero-order valence-corrected chi connectivity index (χ0v) is 14.3. The number of aryl methyl sites for hydroxylation is 1. The second-order valence-electron chi connectivity index (χ2n) is 5.54. The molecule has 1 N–H and O–H groups in total. The van der Waals surface area contributed by atoms with Crippen LogP contribution in [0.15, 0.2) is 52.9 Å². The standard InChI is InChI=1S/C19H16ClNO4/c1-12-15-7-2-3-8-16(15)25-18(12)19(23)24-11-17(22)21-10-13-5-4-6-14(20)9-13/h2-9H,10-11H2,1H3,(H,21,22). The Kier molecular flexibility index (Phi) is 5.05. The van der Waals surface area contributed by atoms with E-state index in [0.717, 1.165) is 10.9 Å². The average molecular weight is 358 g/mol. The first kappa shape index (κ1) is 17.0. The minimum Gasteiger partial charge on any atom is -0.450 e. The number of furan rings is 1. The molecule has 0 fully saturated rings. The number of hydrogen-bond donors (Lipinski definition) is 1. The van der Waals surface area contributed by atoms with Crippen LogP contribution < -0.4 is 5.32 Å². The molecule has 1 aromatic heterocycles. The van der Waals surface area contributed by atoms with Gasteiger partial charge < -0.3 is 14.5 Å². The second kappa shape index (κ2) is 7.40. The Hall–Kier alpha value is -2.79. The van der Waals surface area contributed by atoms with Crippen LogP contribution in [0.25, 0.3) is 11.0 Å². The number of carbonyl (C=O) groups excluding carboxylic acids is 2. The summed E-state index contributed by atoms with van der Waals surface area (Å²) in [6, 6.07) is 14.5. The van der Waals surface area contributed by atoms with Crippen LogP contribution in [0.1, 0.15) is 21.7 Å². The molecule has 1 heterocycles. The van der Waals surface area contributed by atoms with E-state index >= 15 is 0 Å². The van der Waals surface area contributed by atoms with Crippen molar-refractivity contribution in [3.05, 3.63) is 70.4 Å². The van der Waals surface area contributed by atoms with Crippen molar-refractivity contribution in [3.63, 3.8) is 0 Å². The lowest BCUT2D eigenvalue weighted by atomic mass is 10.1. The van der Waals surface area contributed by atoms with Crippen LogP contribution in [0.2, 0.25) is 5.02 Å². The van der Waals surface area contributed by atoms with Crippen molar-refractivity contribution >= 4 is 34.4 Å². The molecule has 3 rings (SSSR count). The molecule has 0 aliphatic heterocycles. The lowest BCUT2D eigenvalue weighted by molar-refractivity contribution is -0.124. The predicted molar refractivity (Wildman–Crippen MR) is 94.5 cm³/mol. The van der Waals surface area contributed by atoms with Crippen molar-refractivity contribution in [2.45, 2.75) is 13.5 Å². The molecule has 3 aromatic rings. The highest BCUT2D eigenvalue weighted by Gasteiger charge is 2.19. The minimum atomic E-state index is -0.661. The molecule has 128 valence electrons. The van der Waals surface area contributed by atoms with Gasteiger partial charge in [0.2, 0.25) is 5.76 Å². The molecule has 0 aliphatic rings. The normalized spacial score (nSPS) is 10.6. The van der Waals surface area contributed by atoms with Gasteiger partial charge in [0, 0.05) is 22.5 Å². The summed E-state index contributed by atoms with van der Waals surface area (Å²) < 4.78 is 10.6. The monoisotopic (exact) mass is 357 g/mol. The lowest BCUT2D eigenvalue weighted by Gasteiger charge is -2.06. The van der Waals surface area contributed by atoms with E-state index in [9.17, 15) is 9.59 Å². The smallest absolute Gasteiger partial charge is 0.375 e. The van der Waals surface area contributed by atoms with Gasteiger partial charge in [-0.2, -0.15) is 0 Å². The first-order chi connectivity index (χ1) is 12.0. The molecule has 0 aliphatic carbocycles. The summed E-state index contributed by atoms with van der Waals surface area (Å²) in [7, 11) is 0. The third-order valence-corrected chi connectivity index (χ3v) is 3.98. The topological polar surface area (TPSA) is 68.5 Å². The summed E-state index contributed by atoms with van der Waals surface area (Å²) in [5.74, 6) is -0.947. The van der Waals surface area contributed by atoms with Gasteiger partial charge in [0.1, 0.15) is 5.58 Å². The molecule has 25 heavy (non-hydrogen) atoms. The van der Waals surface area contributed by atoms with E-state index in [0.29, 0.717) is 22.7 Å². The van der Waals surface area contributed by atoms with Crippen LogP contribution in [-0.4, -0.2) is 18.5 Å². The van der Waals surface area contributed by atoms with Gasteiger partial charge >= 0.3 is 5.97 Å². The van der Waals surface area contributed by atoms with Gasteiger partial charge in [-0.1, -0.05) is 41.9 Å². The Morgan fingerprint density at radius 3 is 2.72 bits per heavy atom. The second-order valence-corrected chi connectivity index (χ2v) is 5.97. The molecule has 0 saturated heterocycles. The number of nitrogens with one attached hydrogen (secondary N) is 1. The summed E-state index contributed by atoms with van der Waals surface area (Å²) in [6.45, 7) is 1.71. The minimum absolute atomic E-state index is 0.115. The van der Waals surface area contributed by atoms with Gasteiger partial charge in [-0.3, -0.25) is 4.79 Å². The Labute approximate surface area is 149 Å². The van der Waals surface area contributed by atoms with E-state index in [-0.39, 0.29) is 12.4 Å². The molecule has 0 atom stereocenters. The zero-order valence-electron chi connectivity index (χ0n) is 13.5. The average Bonchev–Trinajstić information content (AvgIpc) is 2.95. The van der Waals surface area contributed by atoms with Gasteiger partial charge in [-0.05, 0) is 30.7 Å². The lowest BCUT2D eigenvalue weighted by Crippen LogP contribution is -2.28. The fourth-order valence-electron chi connectivity index (χ4n) is 2.46. The summed E-state index contributed by atoms with van der Waals surface area (Å²) >= 11 is 5.89. The summed E-state index contributed by atoms with van der Waals surface area (Å²) in [5.41, 5.74) is 2.16. The molecule has 0 unspecified atom stereocenters. The van der Waals surface area contributed by atoms with Crippen LogP contribution in [0.5, 0.6) is 0 Å². The Morgan fingerprint density at radius 1 is 1.16 bits per heavy atom. The number of amides is 1. The largest absolute Gasteiger partial charge is 0.450 e. The molecular weight excluding hydrogens is 342 g/mol. The molecular formula is C19H16ClNO4. The summed E-state index contributed by atoms with van der Waals surface area (Å²) in [6.07, 6.45) is 0. The number of rotatable bonds is 5. The third-order valence-electron chi connectivity index (χ3n) is 3.74. The fourth-order valence-corrected chi connectivity index (χ4v) is 2.68. The van der Waals surface area contributed by atoms with Crippen molar-refractivity contribution in [2.24, 2.45) is 0 Å². The fraction of sp³-hybridized carbons (Fsp3) is 0.158. The van der Waals surface area contributed by atoms with Crippen molar-refractivity contribution in [3.8, 4) is 0 Å². The van der Waals surface area contributed by atoms with E-state index < -0.39 is 11.9 Å². The van der Waals surface area contributed by atoms with Crippen LogP contribution >= 0.6 is 11.6 Å².